The van der Waals surface area contributed by atoms with Gasteiger partial charge in [0.25, 0.3) is 0 Å². The number of nitrogens with two attached hydrogens (primary N) is 1. The summed E-state index contributed by atoms with van der Waals surface area (Å²) in [5.74, 6) is 1.67. The molecule has 0 aliphatic heterocycles. The normalized spacial score (nSPS) is 25.1. The molecule has 2 heteroatoms. The van der Waals surface area contributed by atoms with Gasteiger partial charge in [0, 0.05) is 12.3 Å². The molecule has 1 aliphatic rings. The predicted molar refractivity (Wildman–Crippen MR) is 77.4 cm³/mol. The van der Waals surface area contributed by atoms with Crippen molar-refractivity contribution in [3.05, 3.63) is 0 Å². The summed E-state index contributed by atoms with van der Waals surface area (Å²) in [4.78, 5) is 12.3. The molecule has 18 heavy (non-hydrogen) atoms. The molecule has 0 radical (unpaired) electrons. The standard InChI is InChI=1S/C16H31NO/c1-4-13-6-5-7-14(12-13)15(18)8-9-16(2,3)10-11-17/h13-14H,4-12,17H2,1-3H3. The Labute approximate surface area is 113 Å². The summed E-state index contributed by atoms with van der Waals surface area (Å²) in [6, 6.07) is 0. The van der Waals surface area contributed by atoms with Crippen molar-refractivity contribution in [3.63, 3.8) is 0 Å². The summed E-state index contributed by atoms with van der Waals surface area (Å²) >= 11 is 0. The lowest BCUT2D eigenvalue weighted by Gasteiger charge is -2.29. The minimum atomic E-state index is 0.225. The lowest BCUT2D eigenvalue weighted by atomic mass is 9.76. The third kappa shape index (κ3) is 5.09. The van der Waals surface area contributed by atoms with Crippen LogP contribution < -0.4 is 5.73 Å². The maximum Gasteiger partial charge on any atom is 0.136 e. The zero-order chi connectivity index (χ0) is 13.6. The molecule has 1 aliphatic carbocycles. The van der Waals surface area contributed by atoms with E-state index in [4.69, 9.17) is 5.73 Å². The molecule has 2 atom stereocenters. The molecule has 1 fully saturated rings. The number of hydrogen-bond acceptors (Lipinski definition) is 2. The minimum absolute atomic E-state index is 0.225. The summed E-state index contributed by atoms with van der Waals surface area (Å²) in [5.41, 5.74) is 5.84. The van der Waals surface area contributed by atoms with E-state index in [1.54, 1.807) is 0 Å². The molecular formula is C16H31NO. The first kappa shape index (κ1) is 15.7. The zero-order valence-electron chi connectivity index (χ0n) is 12.5. The van der Waals surface area contributed by atoms with E-state index in [0.29, 0.717) is 11.7 Å². The largest absolute Gasteiger partial charge is 0.330 e. The van der Waals surface area contributed by atoms with Crippen LogP contribution in [-0.4, -0.2) is 12.3 Å². The second-order valence-corrected chi connectivity index (χ2v) is 6.81. The van der Waals surface area contributed by atoms with Gasteiger partial charge >= 0.3 is 0 Å². The Morgan fingerprint density at radius 2 is 2.00 bits per heavy atom. The van der Waals surface area contributed by atoms with Crippen molar-refractivity contribution in [2.75, 3.05) is 6.54 Å². The van der Waals surface area contributed by atoms with Crippen molar-refractivity contribution >= 4 is 5.78 Å². The molecule has 2 unspecified atom stereocenters. The number of Topliss-reactive ketones (excluding diaryl/α,β-unsaturated/α-hetero) is 1. The first-order valence-corrected chi connectivity index (χ1v) is 7.71. The monoisotopic (exact) mass is 253 g/mol. The number of carbonyl (C=O) groups excluding carboxylic acids is 1. The number of hydrogen-bond donors (Lipinski definition) is 1. The van der Waals surface area contributed by atoms with Gasteiger partial charge in [-0.15, -0.1) is 0 Å². The Morgan fingerprint density at radius 1 is 1.28 bits per heavy atom. The van der Waals surface area contributed by atoms with E-state index in [9.17, 15) is 4.79 Å². The SMILES string of the molecule is CCC1CCCC(C(=O)CCC(C)(C)CCN)C1. The van der Waals surface area contributed by atoms with E-state index in [0.717, 1.165) is 44.6 Å². The lowest BCUT2D eigenvalue weighted by Crippen LogP contribution is -2.25. The minimum Gasteiger partial charge on any atom is -0.330 e. The van der Waals surface area contributed by atoms with E-state index in [2.05, 4.69) is 20.8 Å². The maximum atomic E-state index is 12.3. The van der Waals surface area contributed by atoms with Crippen LogP contribution in [0.5, 0.6) is 0 Å². The van der Waals surface area contributed by atoms with Gasteiger partial charge in [-0.3, -0.25) is 4.79 Å². The van der Waals surface area contributed by atoms with Crippen LogP contribution in [0, 0.1) is 17.3 Å². The molecule has 106 valence electrons. The smallest absolute Gasteiger partial charge is 0.136 e. The third-order valence-corrected chi connectivity index (χ3v) is 4.68. The van der Waals surface area contributed by atoms with E-state index in [1.165, 1.54) is 19.3 Å². The topological polar surface area (TPSA) is 43.1 Å². The lowest BCUT2D eigenvalue weighted by molar-refractivity contribution is -0.124. The fraction of sp³-hybridized carbons (Fsp3) is 0.938. The third-order valence-electron chi connectivity index (χ3n) is 4.68. The van der Waals surface area contributed by atoms with Gasteiger partial charge in [-0.1, -0.05) is 40.0 Å². The fourth-order valence-corrected chi connectivity index (χ4v) is 3.14. The van der Waals surface area contributed by atoms with Gasteiger partial charge < -0.3 is 5.73 Å². The van der Waals surface area contributed by atoms with Crippen molar-refractivity contribution in [2.45, 2.75) is 72.1 Å². The molecule has 0 aromatic rings. The fourth-order valence-electron chi connectivity index (χ4n) is 3.14. The first-order chi connectivity index (χ1) is 8.48. The maximum absolute atomic E-state index is 12.3. The van der Waals surface area contributed by atoms with Gasteiger partial charge in [0.1, 0.15) is 5.78 Å². The van der Waals surface area contributed by atoms with Crippen LogP contribution in [0.3, 0.4) is 0 Å². The highest BCUT2D eigenvalue weighted by Gasteiger charge is 2.27. The predicted octanol–water partition coefficient (Wildman–Crippen LogP) is 3.93. The average molecular weight is 253 g/mol. The van der Waals surface area contributed by atoms with E-state index in [-0.39, 0.29) is 5.41 Å². The van der Waals surface area contributed by atoms with Crippen LogP contribution in [0.15, 0.2) is 0 Å². The van der Waals surface area contributed by atoms with Gasteiger partial charge in [-0.25, -0.2) is 0 Å². The zero-order valence-corrected chi connectivity index (χ0v) is 12.5. The molecule has 0 aromatic carbocycles. The highest BCUT2D eigenvalue weighted by atomic mass is 16.1. The van der Waals surface area contributed by atoms with Crippen molar-refractivity contribution in [3.8, 4) is 0 Å². The van der Waals surface area contributed by atoms with E-state index in [1.807, 2.05) is 0 Å². The first-order valence-electron chi connectivity index (χ1n) is 7.71. The Morgan fingerprint density at radius 3 is 2.61 bits per heavy atom. The van der Waals surface area contributed by atoms with Gasteiger partial charge in [0.05, 0.1) is 0 Å². The number of rotatable bonds is 7. The molecule has 1 rings (SSSR count). The molecule has 0 heterocycles. The summed E-state index contributed by atoms with van der Waals surface area (Å²) < 4.78 is 0. The molecular weight excluding hydrogens is 222 g/mol. The van der Waals surface area contributed by atoms with Crippen LogP contribution in [0.1, 0.15) is 72.1 Å². The highest BCUT2D eigenvalue weighted by Crippen LogP contribution is 2.34. The Hall–Kier alpha value is -0.370. The number of carbonyl (C=O) groups is 1. The van der Waals surface area contributed by atoms with Gasteiger partial charge in [-0.05, 0) is 43.6 Å². The van der Waals surface area contributed by atoms with Crippen LogP contribution in [0.4, 0.5) is 0 Å². The average Bonchev–Trinajstić information content (AvgIpc) is 2.36. The quantitative estimate of drug-likeness (QED) is 0.747. The summed E-state index contributed by atoms with van der Waals surface area (Å²) in [5, 5.41) is 0. The summed E-state index contributed by atoms with van der Waals surface area (Å²) in [7, 11) is 0. The second kappa shape index (κ2) is 7.28. The van der Waals surface area contributed by atoms with Crippen molar-refractivity contribution in [1.82, 2.24) is 0 Å². The van der Waals surface area contributed by atoms with E-state index < -0.39 is 0 Å². The molecule has 1 saturated carbocycles. The van der Waals surface area contributed by atoms with Crippen molar-refractivity contribution < 1.29 is 4.79 Å². The van der Waals surface area contributed by atoms with Crippen LogP contribution in [0.25, 0.3) is 0 Å². The van der Waals surface area contributed by atoms with Crippen LogP contribution >= 0.6 is 0 Å². The summed E-state index contributed by atoms with van der Waals surface area (Å²) in [6.07, 6.45) is 8.87. The van der Waals surface area contributed by atoms with E-state index >= 15 is 0 Å². The Bertz CT molecular complexity index is 260. The summed E-state index contributed by atoms with van der Waals surface area (Å²) in [6.45, 7) is 7.43. The number of ketones is 1. The second-order valence-electron chi connectivity index (χ2n) is 6.81. The highest BCUT2D eigenvalue weighted by molar-refractivity contribution is 5.81. The molecule has 0 spiro atoms. The van der Waals surface area contributed by atoms with Gasteiger partial charge in [-0.2, -0.15) is 0 Å². The molecule has 2 nitrogen and oxygen atoms in total. The molecule has 0 bridgehead atoms. The molecule has 0 amide bonds. The van der Waals surface area contributed by atoms with Crippen LogP contribution in [0.2, 0.25) is 0 Å². The van der Waals surface area contributed by atoms with Crippen molar-refractivity contribution in [2.24, 2.45) is 23.0 Å². The van der Waals surface area contributed by atoms with Crippen LogP contribution in [-0.2, 0) is 4.79 Å². The Balaban J connectivity index is 2.36. The van der Waals surface area contributed by atoms with Gasteiger partial charge in [0.15, 0.2) is 0 Å². The Kier molecular flexibility index (Phi) is 6.34. The van der Waals surface area contributed by atoms with Crippen molar-refractivity contribution in [1.29, 1.82) is 0 Å². The molecule has 2 N–H and O–H groups in total. The molecule has 0 aromatic heterocycles. The molecule has 0 saturated heterocycles. The van der Waals surface area contributed by atoms with Gasteiger partial charge in [0.2, 0.25) is 0 Å².